The van der Waals surface area contributed by atoms with Crippen molar-refractivity contribution < 1.29 is 0 Å². The molecule has 342 valence electrons. The lowest BCUT2D eigenvalue weighted by Gasteiger charge is -2.24. The van der Waals surface area contributed by atoms with E-state index in [1.165, 1.54) is 104 Å². The summed E-state index contributed by atoms with van der Waals surface area (Å²) in [5.41, 5.74) is 19.2. The lowest BCUT2D eigenvalue weighted by molar-refractivity contribution is 0.785. The second-order valence-electron chi connectivity index (χ2n) is 19.3. The fourth-order valence-electron chi connectivity index (χ4n) is 11.6. The second kappa shape index (κ2) is 18.2. The van der Waals surface area contributed by atoms with Crippen LogP contribution in [-0.4, -0.2) is 10.3 Å². The monoisotopic (exact) mass is 920 g/mol. The van der Waals surface area contributed by atoms with E-state index in [0.717, 1.165) is 41.1 Å². The van der Waals surface area contributed by atoms with Crippen molar-refractivity contribution in [1.29, 1.82) is 0 Å². The molecule has 0 radical (unpaired) electrons. The van der Waals surface area contributed by atoms with Crippen LogP contribution in [0.4, 0.5) is 0 Å². The van der Waals surface area contributed by atoms with Crippen molar-refractivity contribution in [3.05, 3.63) is 271 Å². The summed E-state index contributed by atoms with van der Waals surface area (Å²) in [6, 6.07) is 89.1. The number of benzene rings is 11. The van der Waals surface area contributed by atoms with Gasteiger partial charge in [0, 0.05) is 34.4 Å². The number of nitrogens with zero attached hydrogens (tertiary/aromatic N) is 2. The first kappa shape index (κ1) is 43.2. The molecule has 0 N–H and O–H groups in total. The van der Waals surface area contributed by atoms with Gasteiger partial charge >= 0.3 is 0 Å². The number of allylic oxidation sites excluding steroid dienone is 3. The van der Waals surface area contributed by atoms with Crippen LogP contribution in [0.1, 0.15) is 43.4 Å². The van der Waals surface area contributed by atoms with E-state index >= 15 is 0 Å². The Hall–Kier alpha value is -8.85. The molecule has 0 bridgehead atoms. The minimum absolute atomic E-state index is 0.203. The number of fused-ring (bicyclic) bond motifs is 9. The molecule has 13 rings (SSSR count). The van der Waals surface area contributed by atoms with Crippen LogP contribution in [0.25, 0.3) is 104 Å². The maximum atomic E-state index is 5.65. The van der Waals surface area contributed by atoms with Gasteiger partial charge in [0.15, 0.2) is 0 Å². The average Bonchev–Trinajstić information content (AvgIpc) is 3.78. The summed E-state index contributed by atoms with van der Waals surface area (Å²) in [6.45, 7) is 4.61. The minimum atomic E-state index is 0.203. The normalized spacial score (nSPS) is 14.9. The van der Waals surface area contributed by atoms with Gasteiger partial charge in [-0.05, 0) is 132 Å². The molecule has 2 heteroatoms. The molecule has 0 aliphatic carbocycles. The Morgan fingerprint density at radius 2 is 0.931 bits per heavy atom. The minimum Gasteiger partial charge on any atom is -0.309 e. The van der Waals surface area contributed by atoms with Crippen molar-refractivity contribution in [1.82, 2.24) is 4.57 Å². The fraction of sp³-hybridized carbons (Fsp3) is 0.0714. The van der Waals surface area contributed by atoms with Crippen LogP contribution in [0.15, 0.2) is 259 Å². The Labute approximate surface area is 421 Å². The first-order chi connectivity index (χ1) is 35.6. The molecule has 1 aliphatic heterocycles. The Kier molecular flexibility index (Phi) is 10.9. The van der Waals surface area contributed by atoms with E-state index in [4.69, 9.17) is 4.99 Å². The Morgan fingerprint density at radius 3 is 1.69 bits per heavy atom. The van der Waals surface area contributed by atoms with Gasteiger partial charge < -0.3 is 4.57 Å². The van der Waals surface area contributed by atoms with E-state index in [0.29, 0.717) is 0 Å². The molecule has 1 aromatic heterocycles. The molecule has 0 saturated heterocycles. The quantitative estimate of drug-likeness (QED) is 0.135. The summed E-state index contributed by atoms with van der Waals surface area (Å²) in [5.74, 6) is 0.203. The Balaban J connectivity index is 0.955. The first-order valence-electron chi connectivity index (χ1n) is 25.4. The molecule has 2 heterocycles. The standard InChI is InChI=1S/C70H52N2/c1-3-47-44-66(71-65(41-46(2)69(47)51-21-9-5-10-22-51)50-35-33-49(34-36-50)48-19-7-4-8-20-48)55-24-17-23-52(42-55)53-37-40-63-64(43-53)59-28-14-13-27-58(59)62-31-18-30-57(70(62)63)54-38-39-61-60-29-15-16-32-67(60)72(68(61)45-54)56-25-11-6-12-26-56/h4-40,42-45,47H,3,41H2,1-2H3/b66-44-,69-46?,71-65?. The van der Waals surface area contributed by atoms with Crippen molar-refractivity contribution in [2.75, 3.05) is 0 Å². The molecule has 2 nitrogen and oxygen atoms in total. The summed E-state index contributed by atoms with van der Waals surface area (Å²) in [6.07, 6.45) is 4.17. The zero-order valence-electron chi connectivity index (χ0n) is 40.6. The van der Waals surface area contributed by atoms with Crippen molar-refractivity contribution in [3.63, 3.8) is 0 Å². The molecule has 1 aliphatic rings. The number of para-hydroxylation sites is 2. The van der Waals surface area contributed by atoms with Crippen molar-refractivity contribution >= 4 is 71.1 Å². The molecule has 0 spiro atoms. The van der Waals surface area contributed by atoms with Gasteiger partial charge in [-0.3, -0.25) is 4.99 Å². The van der Waals surface area contributed by atoms with E-state index in [1.54, 1.807) is 0 Å². The molecule has 1 atom stereocenters. The predicted octanol–water partition coefficient (Wildman–Crippen LogP) is 19.0. The average molecular weight is 921 g/mol. The molecule has 0 saturated carbocycles. The molecular formula is C70H52N2. The Bertz CT molecular complexity index is 4140. The molecule has 1 unspecified atom stereocenters. The third kappa shape index (κ3) is 7.55. The van der Waals surface area contributed by atoms with Crippen LogP contribution in [0, 0.1) is 5.92 Å². The van der Waals surface area contributed by atoms with Gasteiger partial charge in [-0.1, -0.05) is 225 Å². The first-order valence-corrected chi connectivity index (χ1v) is 25.4. The van der Waals surface area contributed by atoms with Gasteiger partial charge in [-0.2, -0.15) is 0 Å². The predicted molar refractivity (Wildman–Crippen MR) is 308 cm³/mol. The van der Waals surface area contributed by atoms with Gasteiger partial charge in [0.2, 0.25) is 0 Å². The van der Waals surface area contributed by atoms with Gasteiger partial charge in [0.05, 0.1) is 22.4 Å². The molecule has 12 aromatic rings. The summed E-state index contributed by atoms with van der Waals surface area (Å²) in [5, 5.41) is 10.1. The summed E-state index contributed by atoms with van der Waals surface area (Å²) in [4.78, 5) is 5.65. The lowest BCUT2D eigenvalue weighted by Crippen LogP contribution is -2.11. The van der Waals surface area contributed by atoms with E-state index in [9.17, 15) is 0 Å². The Morgan fingerprint density at radius 1 is 0.403 bits per heavy atom. The third-order valence-electron chi connectivity index (χ3n) is 15.1. The zero-order chi connectivity index (χ0) is 48.1. The number of hydrogen-bond acceptors (Lipinski definition) is 1. The molecular weight excluding hydrogens is 869 g/mol. The topological polar surface area (TPSA) is 17.3 Å². The van der Waals surface area contributed by atoms with Crippen molar-refractivity contribution in [2.45, 2.75) is 26.7 Å². The highest BCUT2D eigenvalue weighted by Gasteiger charge is 2.23. The van der Waals surface area contributed by atoms with Crippen molar-refractivity contribution in [2.24, 2.45) is 10.9 Å². The summed E-state index contributed by atoms with van der Waals surface area (Å²) < 4.78 is 2.41. The largest absolute Gasteiger partial charge is 0.309 e. The SMILES string of the molecule is CCC1/C=C(/c2cccc(-c3ccc4c(c3)c3ccccc3c3cccc(-c5ccc6c7ccccc7n(-c7ccccc7)c6c5)c34)c2)N=C(c2ccc(-c3ccccc3)cc2)CC(C)=C1c1ccccc1. The fourth-order valence-corrected chi connectivity index (χ4v) is 11.6. The molecule has 11 aromatic carbocycles. The highest BCUT2D eigenvalue weighted by atomic mass is 15.0. The second-order valence-corrected chi connectivity index (χ2v) is 19.3. The van der Waals surface area contributed by atoms with Crippen LogP contribution >= 0.6 is 0 Å². The van der Waals surface area contributed by atoms with Gasteiger partial charge in [0.25, 0.3) is 0 Å². The number of aromatic nitrogens is 1. The summed E-state index contributed by atoms with van der Waals surface area (Å²) >= 11 is 0. The van der Waals surface area contributed by atoms with E-state index < -0.39 is 0 Å². The van der Waals surface area contributed by atoms with Crippen LogP contribution in [-0.2, 0) is 0 Å². The maximum Gasteiger partial charge on any atom is 0.0672 e. The number of rotatable bonds is 8. The lowest BCUT2D eigenvalue weighted by atomic mass is 9.83. The highest BCUT2D eigenvalue weighted by Crippen LogP contribution is 2.44. The highest BCUT2D eigenvalue weighted by molar-refractivity contribution is 6.29. The van der Waals surface area contributed by atoms with Gasteiger partial charge in [-0.25, -0.2) is 0 Å². The smallest absolute Gasteiger partial charge is 0.0672 e. The number of hydrogen-bond donors (Lipinski definition) is 0. The third-order valence-corrected chi connectivity index (χ3v) is 15.1. The molecule has 0 amide bonds. The van der Waals surface area contributed by atoms with E-state index in [-0.39, 0.29) is 5.92 Å². The van der Waals surface area contributed by atoms with Crippen LogP contribution in [0.2, 0.25) is 0 Å². The van der Waals surface area contributed by atoms with E-state index in [2.05, 4.69) is 267 Å². The zero-order valence-corrected chi connectivity index (χ0v) is 40.6. The number of aliphatic imine (C=N–C) groups is 1. The van der Waals surface area contributed by atoms with Crippen molar-refractivity contribution in [3.8, 4) is 39.1 Å². The summed E-state index contributed by atoms with van der Waals surface area (Å²) in [7, 11) is 0. The van der Waals surface area contributed by atoms with Crippen LogP contribution < -0.4 is 0 Å². The molecule has 72 heavy (non-hydrogen) atoms. The van der Waals surface area contributed by atoms with Crippen LogP contribution in [0.5, 0.6) is 0 Å². The van der Waals surface area contributed by atoms with Gasteiger partial charge in [0.1, 0.15) is 0 Å². The molecule has 0 fully saturated rings. The maximum absolute atomic E-state index is 5.65. The van der Waals surface area contributed by atoms with E-state index in [1.807, 2.05) is 0 Å². The van der Waals surface area contributed by atoms with Crippen LogP contribution in [0.3, 0.4) is 0 Å². The van der Waals surface area contributed by atoms with Gasteiger partial charge in [-0.15, -0.1) is 0 Å².